The zero-order valence-electron chi connectivity index (χ0n) is 10.4. The van der Waals surface area contributed by atoms with E-state index in [4.69, 9.17) is 11.6 Å². The summed E-state index contributed by atoms with van der Waals surface area (Å²) >= 11 is 5.73. The van der Waals surface area contributed by atoms with E-state index >= 15 is 0 Å². The Morgan fingerprint density at radius 3 is 2.47 bits per heavy atom. The predicted molar refractivity (Wildman–Crippen MR) is 72.4 cm³/mol. The maximum atomic E-state index is 11.9. The van der Waals surface area contributed by atoms with E-state index in [1.807, 2.05) is 0 Å². The predicted octanol–water partition coefficient (Wildman–Crippen LogP) is 2.73. The maximum absolute atomic E-state index is 11.9. The van der Waals surface area contributed by atoms with Crippen molar-refractivity contribution in [2.24, 2.45) is 5.41 Å². The number of amides is 1. The van der Waals surface area contributed by atoms with Gasteiger partial charge in [-0.2, -0.15) is 0 Å². The van der Waals surface area contributed by atoms with Gasteiger partial charge in [0.25, 0.3) is 11.6 Å². The van der Waals surface area contributed by atoms with Crippen LogP contribution in [0.1, 0.15) is 29.6 Å². The lowest BCUT2D eigenvalue weighted by molar-refractivity contribution is -0.384. The van der Waals surface area contributed by atoms with Crippen molar-refractivity contribution in [3.05, 3.63) is 39.9 Å². The number of benzene rings is 1. The van der Waals surface area contributed by atoms with Crippen molar-refractivity contribution in [3.8, 4) is 0 Å². The minimum Gasteiger partial charge on any atom is -0.351 e. The number of halogens is 1. The molecule has 5 nitrogen and oxygen atoms in total. The number of rotatable bonds is 6. The number of nitro groups is 1. The summed E-state index contributed by atoms with van der Waals surface area (Å²) in [5.74, 6) is 0.406. The molecule has 0 aromatic heterocycles. The third kappa shape index (κ3) is 3.44. The molecule has 1 aromatic carbocycles. The standard InChI is InChI=1S/C13H15ClN2O3/c14-8-7-13(5-6-13)9-15-12(17)10-1-3-11(4-2-10)16(18)19/h1-4H,5-9H2,(H,15,17). The second kappa shape index (κ2) is 5.57. The van der Waals surface area contributed by atoms with E-state index in [0.717, 1.165) is 19.3 Å². The van der Waals surface area contributed by atoms with E-state index in [1.165, 1.54) is 24.3 Å². The van der Waals surface area contributed by atoms with Gasteiger partial charge in [-0.05, 0) is 36.8 Å². The van der Waals surface area contributed by atoms with Gasteiger partial charge in [0.15, 0.2) is 0 Å². The summed E-state index contributed by atoms with van der Waals surface area (Å²) in [5, 5.41) is 13.4. The lowest BCUT2D eigenvalue weighted by Crippen LogP contribution is -2.30. The third-order valence-electron chi connectivity index (χ3n) is 3.55. The SMILES string of the molecule is O=C(NCC1(CCCl)CC1)c1ccc([N+](=O)[O-])cc1. The van der Waals surface area contributed by atoms with Crippen LogP contribution in [0.4, 0.5) is 5.69 Å². The smallest absolute Gasteiger partial charge is 0.269 e. The average molecular weight is 283 g/mol. The van der Waals surface area contributed by atoms with Gasteiger partial charge in [-0.15, -0.1) is 11.6 Å². The fourth-order valence-corrected chi connectivity index (χ4v) is 2.40. The van der Waals surface area contributed by atoms with Crippen LogP contribution >= 0.6 is 11.6 Å². The molecule has 1 aliphatic carbocycles. The van der Waals surface area contributed by atoms with E-state index in [1.54, 1.807) is 0 Å². The molecule has 1 N–H and O–H groups in total. The van der Waals surface area contributed by atoms with E-state index in [9.17, 15) is 14.9 Å². The highest BCUT2D eigenvalue weighted by atomic mass is 35.5. The van der Waals surface area contributed by atoms with E-state index in [-0.39, 0.29) is 17.0 Å². The van der Waals surface area contributed by atoms with Crippen LogP contribution in [0.15, 0.2) is 24.3 Å². The normalized spacial score (nSPS) is 15.8. The fraction of sp³-hybridized carbons (Fsp3) is 0.462. The molecule has 0 saturated heterocycles. The number of carbonyl (C=O) groups is 1. The van der Waals surface area contributed by atoms with Crippen molar-refractivity contribution in [2.45, 2.75) is 19.3 Å². The Bertz CT molecular complexity index is 483. The Kier molecular flexibility index (Phi) is 4.04. The van der Waals surface area contributed by atoms with Gasteiger partial charge in [0.2, 0.25) is 0 Å². The number of non-ortho nitro benzene ring substituents is 1. The molecule has 0 unspecified atom stereocenters. The van der Waals surface area contributed by atoms with Crippen LogP contribution in [0.3, 0.4) is 0 Å². The van der Waals surface area contributed by atoms with Crippen molar-refractivity contribution in [2.75, 3.05) is 12.4 Å². The zero-order valence-corrected chi connectivity index (χ0v) is 11.2. The molecular formula is C13H15ClN2O3. The quantitative estimate of drug-likeness (QED) is 0.495. The van der Waals surface area contributed by atoms with Gasteiger partial charge >= 0.3 is 0 Å². The van der Waals surface area contributed by atoms with Crippen LogP contribution in [0.2, 0.25) is 0 Å². The van der Waals surface area contributed by atoms with Crippen LogP contribution in [0, 0.1) is 15.5 Å². The fourth-order valence-electron chi connectivity index (χ4n) is 2.00. The van der Waals surface area contributed by atoms with Gasteiger partial charge in [0.05, 0.1) is 4.92 Å². The lowest BCUT2D eigenvalue weighted by Gasteiger charge is -2.14. The summed E-state index contributed by atoms with van der Waals surface area (Å²) in [6, 6.07) is 5.60. The molecule has 1 fully saturated rings. The lowest BCUT2D eigenvalue weighted by atomic mass is 10.0. The van der Waals surface area contributed by atoms with E-state index < -0.39 is 4.92 Å². The number of hydrogen-bond donors (Lipinski definition) is 1. The van der Waals surface area contributed by atoms with Crippen molar-refractivity contribution in [1.82, 2.24) is 5.32 Å². The number of nitrogens with one attached hydrogen (secondary N) is 1. The number of carbonyl (C=O) groups excluding carboxylic acids is 1. The molecule has 0 aliphatic heterocycles. The highest BCUT2D eigenvalue weighted by Gasteiger charge is 2.41. The Morgan fingerprint density at radius 2 is 2.00 bits per heavy atom. The van der Waals surface area contributed by atoms with Gasteiger partial charge in [0.1, 0.15) is 0 Å². The Morgan fingerprint density at radius 1 is 1.37 bits per heavy atom. The van der Waals surface area contributed by atoms with Gasteiger partial charge in [-0.3, -0.25) is 14.9 Å². The topological polar surface area (TPSA) is 72.2 Å². The van der Waals surface area contributed by atoms with Crippen LogP contribution in [0.25, 0.3) is 0 Å². The first-order valence-corrected chi connectivity index (χ1v) is 6.68. The Labute approximate surface area is 116 Å². The molecule has 0 spiro atoms. The van der Waals surface area contributed by atoms with Crippen molar-refractivity contribution < 1.29 is 9.72 Å². The molecule has 1 saturated carbocycles. The first-order chi connectivity index (χ1) is 9.06. The highest BCUT2D eigenvalue weighted by molar-refractivity contribution is 6.17. The molecule has 19 heavy (non-hydrogen) atoms. The van der Waals surface area contributed by atoms with Gasteiger partial charge in [0, 0.05) is 30.1 Å². The van der Waals surface area contributed by atoms with Gasteiger partial charge in [-0.25, -0.2) is 0 Å². The summed E-state index contributed by atoms with van der Waals surface area (Å²) in [7, 11) is 0. The third-order valence-corrected chi connectivity index (χ3v) is 3.74. The highest BCUT2D eigenvalue weighted by Crippen LogP contribution is 2.48. The first-order valence-electron chi connectivity index (χ1n) is 6.15. The van der Waals surface area contributed by atoms with E-state index in [0.29, 0.717) is 18.0 Å². The molecule has 6 heteroatoms. The van der Waals surface area contributed by atoms with Crippen LogP contribution in [-0.2, 0) is 0 Å². The molecule has 2 rings (SSSR count). The molecule has 1 aromatic rings. The summed E-state index contributed by atoms with van der Waals surface area (Å²) in [5.41, 5.74) is 0.600. The molecule has 102 valence electrons. The Hall–Kier alpha value is -1.62. The van der Waals surface area contributed by atoms with Gasteiger partial charge in [-0.1, -0.05) is 0 Å². The largest absolute Gasteiger partial charge is 0.351 e. The molecular weight excluding hydrogens is 268 g/mol. The minimum atomic E-state index is -0.485. The molecule has 1 amide bonds. The maximum Gasteiger partial charge on any atom is 0.269 e. The van der Waals surface area contributed by atoms with Gasteiger partial charge < -0.3 is 5.32 Å². The van der Waals surface area contributed by atoms with E-state index in [2.05, 4.69) is 5.32 Å². The van der Waals surface area contributed by atoms with Crippen molar-refractivity contribution >= 4 is 23.2 Å². The second-order valence-electron chi connectivity index (χ2n) is 4.93. The number of hydrogen-bond acceptors (Lipinski definition) is 3. The Balaban J connectivity index is 1.91. The molecule has 0 heterocycles. The first kappa shape index (κ1) is 13.8. The second-order valence-corrected chi connectivity index (χ2v) is 5.30. The molecule has 1 aliphatic rings. The summed E-state index contributed by atoms with van der Waals surface area (Å²) in [4.78, 5) is 21.9. The number of nitro benzene ring substituents is 1. The summed E-state index contributed by atoms with van der Waals surface area (Å²) in [6.45, 7) is 0.621. The van der Waals surface area contributed by atoms with Crippen LogP contribution in [-0.4, -0.2) is 23.3 Å². The number of nitrogens with zero attached hydrogens (tertiary/aromatic N) is 1. The monoisotopic (exact) mass is 282 g/mol. The average Bonchev–Trinajstić information content (AvgIpc) is 3.17. The van der Waals surface area contributed by atoms with Crippen LogP contribution in [0.5, 0.6) is 0 Å². The molecule has 0 atom stereocenters. The summed E-state index contributed by atoms with van der Waals surface area (Å²) < 4.78 is 0. The van der Waals surface area contributed by atoms with Crippen LogP contribution < -0.4 is 5.32 Å². The molecule has 0 bridgehead atoms. The number of alkyl halides is 1. The summed E-state index contributed by atoms with van der Waals surface area (Å²) in [6.07, 6.45) is 3.11. The van der Waals surface area contributed by atoms with Crippen molar-refractivity contribution in [3.63, 3.8) is 0 Å². The zero-order chi connectivity index (χ0) is 13.9. The minimum absolute atomic E-state index is 0.0163. The molecule has 0 radical (unpaired) electrons. The van der Waals surface area contributed by atoms with Crippen molar-refractivity contribution in [1.29, 1.82) is 0 Å².